The fourth-order valence-corrected chi connectivity index (χ4v) is 1.09. The summed E-state index contributed by atoms with van der Waals surface area (Å²) < 4.78 is 13.0. The Morgan fingerprint density at radius 1 is 1.27 bits per heavy atom. The third kappa shape index (κ3) is 2.34. The van der Waals surface area contributed by atoms with Crippen LogP contribution in [-0.4, -0.2) is 29.0 Å². The van der Waals surface area contributed by atoms with Crippen LogP contribution in [0.15, 0.2) is 12.3 Å². The Hall–Kier alpha value is -0.965. The van der Waals surface area contributed by atoms with Gasteiger partial charge in [-0.3, -0.25) is 0 Å². The van der Waals surface area contributed by atoms with E-state index < -0.39 is 5.60 Å². The van der Waals surface area contributed by atoms with E-state index in [1.165, 1.54) is 0 Å². The van der Waals surface area contributed by atoms with Gasteiger partial charge in [0.15, 0.2) is 0 Å². The first kappa shape index (κ1) is 12.1. The van der Waals surface area contributed by atoms with Gasteiger partial charge in [0.05, 0.1) is 11.8 Å². The van der Waals surface area contributed by atoms with Crippen LogP contribution in [0.2, 0.25) is 0 Å². The molecular formula is C10H19BN2O2. The molecule has 0 unspecified atom stereocenters. The van der Waals surface area contributed by atoms with Gasteiger partial charge in [0.1, 0.15) is 5.60 Å². The van der Waals surface area contributed by atoms with Crippen molar-refractivity contribution in [3.8, 4) is 5.88 Å². The van der Waals surface area contributed by atoms with E-state index in [-0.39, 0.29) is 5.60 Å². The van der Waals surface area contributed by atoms with Crippen molar-refractivity contribution in [2.75, 3.05) is 0 Å². The zero-order valence-electron chi connectivity index (χ0n) is 10.4. The van der Waals surface area contributed by atoms with Crippen molar-refractivity contribution in [3.63, 3.8) is 0 Å². The van der Waals surface area contributed by atoms with Crippen molar-refractivity contribution in [1.29, 1.82) is 0 Å². The van der Waals surface area contributed by atoms with E-state index in [9.17, 15) is 0 Å². The molecule has 5 heteroatoms. The highest BCUT2D eigenvalue weighted by Gasteiger charge is 2.39. The maximum Gasteiger partial charge on any atom is 0.258 e. The number of rotatable bonds is 4. The summed E-state index contributed by atoms with van der Waals surface area (Å²) in [5.74, 6) is 0.741. The molecule has 1 rings (SSSR count). The molecule has 0 atom stereocenters. The lowest BCUT2D eigenvalue weighted by Crippen LogP contribution is -2.51. The average molecular weight is 210 g/mol. The van der Waals surface area contributed by atoms with E-state index >= 15 is 0 Å². The van der Waals surface area contributed by atoms with E-state index in [1.54, 1.807) is 18.9 Å². The second-order valence-corrected chi connectivity index (χ2v) is 4.62. The molecular weight excluding hydrogens is 191 g/mol. The average Bonchev–Trinajstić information content (AvgIpc) is 2.51. The van der Waals surface area contributed by atoms with Gasteiger partial charge < -0.3 is 9.39 Å². The molecule has 0 saturated carbocycles. The molecule has 0 N–H and O–H groups in total. The molecule has 0 radical (unpaired) electrons. The molecule has 0 aliphatic heterocycles. The summed E-state index contributed by atoms with van der Waals surface area (Å²) in [5, 5.41) is 4.06. The minimum Gasteiger partial charge on any atom is -0.469 e. The van der Waals surface area contributed by atoms with Gasteiger partial charge in [-0.2, -0.15) is 5.10 Å². The molecule has 4 nitrogen and oxygen atoms in total. The molecule has 1 aromatic rings. The Balaban J connectivity index is 2.85. The first-order valence-electron chi connectivity index (χ1n) is 5.02. The standard InChI is InChI=1S/C10H19BN2O2/c1-9(2,10(3,4)15-11)14-8-6-7-12-13(8)5/h6-7H,11H2,1-5H3. The zero-order valence-corrected chi connectivity index (χ0v) is 10.4. The van der Waals surface area contributed by atoms with Gasteiger partial charge in [-0.1, -0.05) is 0 Å². The monoisotopic (exact) mass is 210 g/mol. The largest absolute Gasteiger partial charge is 0.469 e. The first-order chi connectivity index (χ1) is 6.80. The summed E-state index contributed by atoms with van der Waals surface area (Å²) in [6.45, 7) is 8.01. The van der Waals surface area contributed by atoms with Crippen LogP contribution in [0.5, 0.6) is 5.88 Å². The van der Waals surface area contributed by atoms with Crippen molar-refractivity contribution < 1.29 is 9.39 Å². The molecule has 1 aromatic heterocycles. The topological polar surface area (TPSA) is 36.3 Å². The van der Waals surface area contributed by atoms with E-state index in [4.69, 9.17) is 9.39 Å². The molecule has 0 bridgehead atoms. The summed E-state index contributed by atoms with van der Waals surface area (Å²) in [7, 11) is 3.54. The van der Waals surface area contributed by atoms with Crippen LogP contribution < -0.4 is 4.74 Å². The van der Waals surface area contributed by atoms with Gasteiger partial charge in [-0.05, 0) is 27.7 Å². The molecule has 0 aliphatic carbocycles. The molecule has 1 heterocycles. The van der Waals surface area contributed by atoms with E-state index in [0.29, 0.717) is 0 Å². The van der Waals surface area contributed by atoms with Crippen LogP contribution in [0.4, 0.5) is 0 Å². The first-order valence-corrected chi connectivity index (χ1v) is 5.02. The maximum atomic E-state index is 5.90. The van der Waals surface area contributed by atoms with E-state index in [1.807, 2.05) is 40.8 Å². The summed E-state index contributed by atoms with van der Waals surface area (Å²) in [4.78, 5) is 0. The van der Waals surface area contributed by atoms with Crippen LogP contribution in [0.3, 0.4) is 0 Å². The molecule has 0 amide bonds. The van der Waals surface area contributed by atoms with Crippen molar-refractivity contribution in [3.05, 3.63) is 12.3 Å². The highest BCUT2D eigenvalue weighted by Crippen LogP contribution is 2.29. The summed E-state index contributed by atoms with van der Waals surface area (Å²) in [6.07, 6.45) is 1.71. The van der Waals surface area contributed by atoms with Gasteiger partial charge >= 0.3 is 0 Å². The second-order valence-electron chi connectivity index (χ2n) is 4.62. The van der Waals surface area contributed by atoms with Gasteiger partial charge in [0.2, 0.25) is 5.88 Å². The molecule has 0 saturated heterocycles. The van der Waals surface area contributed by atoms with E-state index in [2.05, 4.69) is 5.10 Å². The highest BCUT2D eigenvalue weighted by molar-refractivity contribution is 5.98. The lowest BCUT2D eigenvalue weighted by molar-refractivity contribution is -0.0736. The number of hydrogen-bond acceptors (Lipinski definition) is 3. The normalized spacial score (nSPS) is 12.9. The molecule has 0 fully saturated rings. The SMILES string of the molecule is BOC(C)(C)C(C)(C)Oc1ccnn1C. The van der Waals surface area contributed by atoms with Gasteiger partial charge in [0, 0.05) is 13.1 Å². The van der Waals surface area contributed by atoms with Gasteiger partial charge in [-0.15, -0.1) is 0 Å². The van der Waals surface area contributed by atoms with Gasteiger partial charge in [-0.25, -0.2) is 4.68 Å². The summed E-state index contributed by atoms with van der Waals surface area (Å²) >= 11 is 0. The molecule has 0 aliphatic rings. The maximum absolute atomic E-state index is 5.90. The van der Waals surface area contributed by atoms with Crippen LogP contribution in [0.25, 0.3) is 0 Å². The van der Waals surface area contributed by atoms with Crippen LogP contribution in [0, 0.1) is 0 Å². The predicted octanol–water partition coefficient (Wildman–Crippen LogP) is 0.921. The van der Waals surface area contributed by atoms with E-state index in [0.717, 1.165) is 5.88 Å². The number of aromatic nitrogens is 2. The summed E-state index contributed by atoms with van der Waals surface area (Å²) in [6, 6.07) is 1.84. The summed E-state index contributed by atoms with van der Waals surface area (Å²) in [5.41, 5.74) is -0.785. The number of aryl methyl sites for hydroxylation is 1. The lowest BCUT2D eigenvalue weighted by atomic mass is 9.88. The Kier molecular flexibility index (Phi) is 3.14. The molecule has 84 valence electrons. The third-order valence-electron chi connectivity index (χ3n) is 3.10. The van der Waals surface area contributed by atoms with Crippen molar-refractivity contribution in [1.82, 2.24) is 9.78 Å². The molecule has 0 spiro atoms. The number of hydrogen-bond donors (Lipinski definition) is 0. The third-order valence-corrected chi connectivity index (χ3v) is 3.10. The highest BCUT2D eigenvalue weighted by atomic mass is 16.5. The number of nitrogens with zero attached hydrogens (tertiary/aromatic N) is 2. The fourth-order valence-electron chi connectivity index (χ4n) is 1.09. The Morgan fingerprint density at radius 3 is 2.27 bits per heavy atom. The zero-order chi connectivity index (χ0) is 11.7. The smallest absolute Gasteiger partial charge is 0.258 e. The van der Waals surface area contributed by atoms with Crippen molar-refractivity contribution in [2.24, 2.45) is 7.05 Å². The van der Waals surface area contributed by atoms with Crippen molar-refractivity contribution in [2.45, 2.75) is 38.9 Å². The Labute approximate surface area is 92.0 Å². The minimum atomic E-state index is -0.421. The Bertz CT molecular complexity index is 334. The second kappa shape index (κ2) is 3.89. The molecule has 0 aromatic carbocycles. The quantitative estimate of drug-likeness (QED) is 0.693. The van der Waals surface area contributed by atoms with Crippen LogP contribution in [-0.2, 0) is 11.7 Å². The van der Waals surface area contributed by atoms with Crippen molar-refractivity contribution >= 4 is 8.05 Å². The predicted molar refractivity (Wildman–Crippen MR) is 61.6 cm³/mol. The lowest BCUT2D eigenvalue weighted by Gasteiger charge is -2.40. The van der Waals surface area contributed by atoms with Crippen LogP contribution >= 0.6 is 0 Å². The fraction of sp³-hybridized carbons (Fsp3) is 0.700. The molecule has 15 heavy (non-hydrogen) atoms. The minimum absolute atomic E-state index is 0.364. The number of ether oxygens (including phenoxy) is 1. The Morgan fingerprint density at radius 2 is 1.87 bits per heavy atom. The van der Waals surface area contributed by atoms with Crippen LogP contribution in [0.1, 0.15) is 27.7 Å². The van der Waals surface area contributed by atoms with Gasteiger partial charge in [0.25, 0.3) is 8.05 Å².